The fourth-order valence-electron chi connectivity index (χ4n) is 1.15. The molecule has 0 aliphatic heterocycles. The average Bonchev–Trinajstić information content (AvgIpc) is 2.67. The van der Waals surface area contributed by atoms with Crippen molar-refractivity contribution in [2.75, 3.05) is 0 Å². The van der Waals surface area contributed by atoms with E-state index in [1.807, 2.05) is 30.5 Å². The predicted molar refractivity (Wildman–Crippen MR) is 57.0 cm³/mol. The Morgan fingerprint density at radius 3 is 2.79 bits per heavy atom. The van der Waals surface area contributed by atoms with Gasteiger partial charge in [-0.2, -0.15) is 0 Å². The molecule has 0 amide bonds. The molecule has 0 atom stereocenters. The highest BCUT2D eigenvalue weighted by molar-refractivity contribution is 9.10. The Labute approximate surface area is 89.9 Å². The van der Waals surface area contributed by atoms with Crippen LogP contribution in [-0.2, 0) is 6.54 Å². The van der Waals surface area contributed by atoms with E-state index in [1.54, 1.807) is 4.68 Å². The summed E-state index contributed by atoms with van der Waals surface area (Å²) in [6.45, 7) is 0.407. The minimum absolute atomic E-state index is 0.407. The zero-order chi connectivity index (χ0) is 9.97. The third-order valence-corrected chi connectivity index (χ3v) is 2.52. The van der Waals surface area contributed by atoms with Gasteiger partial charge in [-0.1, -0.05) is 17.3 Å². The Bertz CT molecular complexity index is 438. The molecule has 0 aliphatic rings. The van der Waals surface area contributed by atoms with E-state index < -0.39 is 0 Å². The van der Waals surface area contributed by atoms with Crippen molar-refractivity contribution in [2.24, 2.45) is 5.73 Å². The van der Waals surface area contributed by atoms with Crippen LogP contribution in [0, 0.1) is 0 Å². The molecule has 0 bridgehead atoms. The van der Waals surface area contributed by atoms with Crippen molar-refractivity contribution in [3.05, 3.63) is 40.6 Å². The van der Waals surface area contributed by atoms with Crippen molar-refractivity contribution in [1.82, 2.24) is 15.0 Å². The summed E-state index contributed by atoms with van der Waals surface area (Å²) in [7, 11) is 0. The van der Waals surface area contributed by atoms with Crippen LogP contribution < -0.4 is 5.73 Å². The summed E-state index contributed by atoms with van der Waals surface area (Å²) < 4.78 is 2.68. The number of nitrogens with two attached hydrogens (primary N) is 1. The van der Waals surface area contributed by atoms with Crippen molar-refractivity contribution in [1.29, 1.82) is 0 Å². The van der Waals surface area contributed by atoms with E-state index in [0.29, 0.717) is 6.54 Å². The van der Waals surface area contributed by atoms with Gasteiger partial charge in [0.2, 0.25) is 0 Å². The molecule has 1 heterocycles. The molecule has 1 aromatic heterocycles. The van der Waals surface area contributed by atoms with Gasteiger partial charge in [-0.3, -0.25) is 0 Å². The third-order valence-electron chi connectivity index (χ3n) is 1.85. The summed E-state index contributed by atoms with van der Waals surface area (Å²) in [5, 5.41) is 7.89. The first-order chi connectivity index (χ1) is 6.81. The van der Waals surface area contributed by atoms with Crippen LogP contribution in [-0.4, -0.2) is 15.0 Å². The van der Waals surface area contributed by atoms with E-state index in [1.165, 1.54) is 0 Å². The number of halogens is 1. The molecule has 14 heavy (non-hydrogen) atoms. The highest BCUT2D eigenvalue weighted by Gasteiger charge is 2.03. The van der Waals surface area contributed by atoms with Crippen LogP contribution >= 0.6 is 15.9 Å². The summed E-state index contributed by atoms with van der Waals surface area (Å²) in [5.74, 6) is 0. The van der Waals surface area contributed by atoms with E-state index in [2.05, 4.69) is 26.2 Å². The van der Waals surface area contributed by atoms with Gasteiger partial charge < -0.3 is 5.73 Å². The van der Waals surface area contributed by atoms with Crippen molar-refractivity contribution in [2.45, 2.75) is 6.54 Å². The number of benzene rings is 1. The monoisotopic (exact) mass is 252 g/mol. The molecule has 0 spiro atoms. The van der Waals surface area contributed by atoms with E-state index >= 15 is 0 Å². The first-order valence-electron chi connectivity index (χ1n) is 4.17. The SMILES string of the molecule is NCc1cn(-c2ccccc2Br)nn1. The molecule has 0 saturated heterocycles. The number of hydrogen-bond donors (Lipinski definition) is 1. The molecule has 0 aliphatic carbocycles. The van der Waals surface area contributed by atoms with E-state index in [9.17, 15) is 0 Å². The third kappa shape index (κ3) is 1.69. The Morgan fingerprint density at radius 2 is 2.14 bits per heavy atom. The summed E-state index contributed by atoms with van der Waals surface area (Å²) >= 11 is 3.44. The van der Waals surface area contributed by atoms with Crippen LogP contribution in [0.2, 0.25) is 0 Å². The van der Waals surface area contributed by atoms with Gasteiger partial charge >= 0.3 is 0 Å². The number of hydrogen-bond acceptors (Lipinski definition) is 3. The molecule has 72 valence electrons. The maximum atomic E-state index is 5.45. The van der Waals surface area contributed by atoms with Crippen LogP contribution in [0.25, 0.3) is 5.69 Å². The van der Waals surface area contributed by atoms with E-state index in [-0.39, 0.29) is 0 Å². The molecule has 0 fully saturated rings. The van der Waals surface area contributed by atoms with Gasteiger partial charge in [-0.05, 0) is 28.1 Å². The molecule has 5 heteroatoms. The molecular formula is C9H9BrN4. The van der Waals surface area contributed by atoms with Crippen LogP contribution in [0.4, 0.5) is 0 Å². The van der Waals surface area contributed by atoms with E-state index in [0.717, 1.165) is 15.9 Å². The maximum absolute atomic E-state index is 5.45. The second-order valence-electron chi connectivity index (χ2n) is 2.81. The molecule has 1 aromatic carbocycles. The average molecular weight is 253 g/mol. The minimum atomic E-state index is 0.407. The van der Waals surface area contributed by atoms with Crippen molar-refractivity contribution < 1.29 is 0 Å². The maximum Gasteiger partial charge on any atom is 0.0967 e. The summed E-state index contributed by atoms with van der Waals surface area (Å²) in [5.41, 5.74) is 7.19. The summed E-state index contributed by atoms with van der Waals surface area (Å²) in [6.07, 6.45) is 1.82. The second-order valence-corrected chi connectivity index (χ2v) is 3.66. The molecule has 0 unspecified atom stereocenters. The first-order valence-corrected chi connectivity index (χ1v) is 4.97. The molecule has 2 rings (SSSR count). The van der Waals surface area contributed by atoms with Gasteiger partial charge in [0.15, 0.2) is 0 Å². The molecule has 2 N–H and O–H groups in total. The van der Waals surface area contributed by atoms with Crippen molar-refractivity contribution in [3.8, 4) is 5.69 Å². The Balaban J connectivity index is 2.44. The van der Waals surface area contributed by atoms with Crippen LogP contribution in [0.15, 0.2) is 34.9 Å². The normalized spacial score (nSPS) is 10.4. The van der Waals surface area contributed by atoms with Gasteiger partial charge in [-0.25, -0.2) is 4.68 Å². The van der Waals surface area contributed by atoms with Gasteiger partial charge in [0, 0.05) is 11.0 Å². The number of para-hydroxylation sites is 1. The van der Waals surface area contributed by atoms with Crippen LogP contribution in [0.5, 0.6) is 0 Å². The molecule has 2 aromatic rings. The van der Waals surface area contributed by atoms with Crippen LogP contribution in [0.3, 0.4) is 0 Å². The zero-order valence-corrected chi connectivity index (χ0v) is 8.98. The van der Waals surface area contributed by atoms with Gasteiger partial charge in [0.05, 0.1) is 17.6 Å². The van der Waals surface area contributed by atoms with Crippen LogP contribution in [0.1, 0.15) is 5.69 Å². The van der Waals surface area contributed by atoms with Gasteiger partial charge in [-0.15, -0.1) is 5.10 Å². The fraction of sp³-hybridized carbons (Fsp3) is 0.111. The first kappa shape index (κ1) is 9.36. The topological polar surface area (TPSA) is 56.7 Å². The van der Waals surface area contributed by atoms with Gasteiger partial charge in [0.25, 0.3) is 0 Å². The Kier molecular flexibility index (Phi) is 2.60. The molecule has 4 nitrogen and oxygen atoms in total. The highest BCUT2D eigenvalue weighted by Crippen LogP contribution is 2.19. The Hall–Kier alpha value is -1.20. The lowest BCUT2D eigenvalue weighted by Gasteiger charge is -2.01. The standard InChI is InChI=1S/C9H9BrN4/c10-8-3-1-2-4-9(8)14-6-7(5-11)12-13-14/h1-4,6H,5,11H2. The zero-order valence-electron chi connectivity index (χ0n) is 7.39. The largest absolute Gasteiger partial charge is 0.325 e. The smallest absolute Gasteiger partial charge is 0.0967 e. The molecule has 0 saturated carbocycles. The molecule has 0 radical (unpaired) electrons. The number of rotatable bonds is 2. The molecular weight excluding hydrogens is 244 g/mol. The lowest BCUT2D eigenvalue weighted by Crippen LogP contribution is -1.96. The minimum Gasteiger partial charge on any atom is -0.325 e. The summed E-state index contributed by atoms with van der Waals surface area (Å²) in [4.78, 5) is 0. The Morgan fingerprint density at radius 1 is 1.36 bits per heavy atom. The van der Waals surface area contributed by atoms with Crippen molar-refractivity contribution >= 4 is 15.9 Å². The van der Waals surface area contributed by atoms with E-state index in [4.69, 9.17) is 5.73 Å². The predicted octanol–water partition coefficient (Wildman–Crippen LogP) is 1.49. The van der Waals surface area contributed by atoms with Crippen molar-refractivity contribution in [3.63, 3.8) is 0 Å². The number of aromatic nitrogens is 3. The summed E-state index contributed by atoms with van der Waals surface area (Å²) in [6, 6.07) is 7.82. The fourth-order valence-corrected chi connectivity index (χ4v) is 1.61. The lowest BCUT2D eigenvalue weighted by atomic mass is 10.3. The van der Waals surface area contributed by atoms with Gasteiger partial charge in [0.1, 0.15) is 0 Å². The lowest BCUT2D eigenvalue weighted by molar-refractivity contribution is 0.794. The number of nitrogens with zero attached hydrogens (tertiary/aromatic N) is 3. The second kappa shape index (κ2) is 3.89. The highest BCUT2D eigenvalue weighted by atomic mass is 79.9. The quantitative estimate of drug-likeness (QED) is 0.882.